The molecular formula is C14H20N4O6S. The second-order valence-electron chi connectivity index (χ2n) is 6.43. The van der Waals surface area contributed by atoms with Gasteiger partial charge in [-0.15, -0.1) is 0 Å². The molecule has 0 saturated carbocycles. The molecular weight excluding hydrogens is 352 g/mol. The number of aromatic amines is 1. The van der Waals surface area contributed by atoms with Gasteiger partial charge in [0, 0.05) is 39.1 Å². The van der Waals surface area contributed by atoms with Gasteiger partial charge in [0.15, 0.2) is 5.25 Å². The van der Waals surface area contributed by atoms with E-state index in [1.165, 1.54) is 23.2 Å². The summed E-state index contributed by atoms with van der Waals surface area (Å²) in [5.74, 6) is -0.644. The van der Waals surface area contributed by atoms with Gasteiger partial charge in [0.25, 0.3) is 11.5 Å². The van der Waals surface area contributed by atoms with E-state index in [-0.39, 0.29) is 23.7 Å². The number of sulfonamides is 1. The third-order valence-electron chi connectivity index (χ3n) is 4.69. The van der Waals surface area contributed by atoms with E-state index in [1.54, 1.807) is 0 Å². The number of aryl methyl sites for hydroxylation is 1. The summed E-state index contributed by atoms with van der Waals surface area (Å²) in [5.41, 5.74) is -0.572. The molecule has 138 valence electrons. The van der Waals surface area contributed by atoms with Gasteiger partial charge in [0.1, 0.15) is 11.3 Å². The number of aromatic nitrogens is 1. The molecule has 2 aliphatic heterocycles. The van der Waals surface area contributed by atoms with Gasteiger partial charge in [-0.3, -0.25) is 14.4 Å². The molecule has 3 rings (SSSR count). The Morgan fingerprint density at radius 3 is 2.56 bits per heavy atom. The normalized spacial score (nSPS) is 23.4. The number of hydrogen-bond donors (Lipinski definition) is 2. The van der Waals surface area contributed by atoms with Gasteiger partial charge >= 0.3 is 0 Å². The van der Waals surface area contributed by atoms with Crippen molar-refractivity contribution >= 4 is 21.8 Å². The number of rotatable bonds is 4. The van der Waals surface area contributed by atoms with Crippen molar-refractivity contribution in [3.63, 3.8) is 0 Å². The van der Waals surface area contributed by atoms with Crippen molar-refractivity contribution in [1.82, 2.24) is 19.7 Å². The van der Waals surface area contributed by atoms with E-state index in [9.17, 15) is 22.8 Å². The molecule has 0 aromatic carbocycles. The highest BCUT2D eigenvalue weighted by atomic mass is 32.2. The monoisotopic (exact) mass is 372 g/mol. The van der Waals surface area contributed by atoms with Gasteiger partial charge in [-0.2, -0.15) is 5.16 Å². The van der Waals surface area contributed by atoms with Crippen molar-refractivity contribution in [2.24, 2.45) is 5.92 Å². The average molecular weight is 372 g/mol. The lowest BCUT2D eigenvalue weighted by Crippen LogP contribution is -2.55. The Morgan fingerprint density at radius 2 is 2.04 bits per heavy atom. The van der Waals surface area contributed by atoms with Crippen molar-refractivity contribution < 1.29 is 22.5 Å². The Hall–Kier alpha value is -2.14. The highest BCUT2D eigenvalue weighted by molar-refractivity contribution is 7.90. The average Bonchev–Trinajstić information content (AvgIpc) is 2.96. The van der Waals surface area contributed by atoms with Crippen LogP contribution in [0.5, 0.6) is 0 Å². The van der Waals surface area contributed by atoms with Crippen LogP contribution in [0, 0.1) is 12.8 Å². The second-order valence-corrected chi connectivity index (χ2v) is 8.65. The molecule has 1 aromatic heterocycles. The third-order valence-corrected chi connectivity index (χ3v) is 6.91. The summed E-state index contributed by atoms with van der Waals surface area (Å²) in [6.45, 7) is 2.94. The summed E-state index contributed by atoms with van der Waals surface area (Å²) in [5, 5.41) is 3.73. The second kappa shape index (κ2) is 6.30. The van der Waals surface area contributed by atoms with Crippen LogP contribution in [-0.4, -0.2) is 73.1 Å². The van der Waals surface area contributed by atoms with Crippen molar-refractivity contribution in [3.05, 3.63) is 21.7 Å². The standard InChI is InChI=1S/C14H20N4O6S/c1-8-11(13(20)16-24-8)14(21)18-6-9(7-18)5-15-12(19)10-3-4-17(2)25(10,22)23/h9-10H,3-7H2,1-2H3,(H,15,19)(H,16,20). The van der Waals surface area contributed by atoms with Gasteiger partial charge in [0.2, 0.25) is 15.9 Å². The molecule has 2 aliphatic rings. The van der Waals surface area contributed by atoms with Gasteiger partial charge in [-0.05, 0) is 13.3 Å². The molecule has 3 heterocycles. The summed E-state index contributed by atoms with van der Waals surface area (Å²) < 4.78 is 29.9. The van der Waals surface area contributed by atoms with E-state index in [1.807, 2.05) is 0 Å². The fourth-order valence-corrected chi connectivity index (χ4v) is 4.62. The van der Waals surface area contributed by atoms with E-state index in [0.29, 0.717) is 26.2 Å². The molecule has 1 unspecified atom stereocenters. The molecule has 2 saturated heterocycles. The van der Waals surface area contributed by atoms with Crippen LogP contribution < -0.4 is 10.9 Å². The number of likely N-dealkylation sites (tertiary alicyclic amines) is 1. The van der Waals surface area contributed by atoms with E-state index in [0.717, 1.165) is 0 Å². The van der Waals surface area contributed by atoms with E-state index < -0.39 is 32.6 Å². The van der Waals surface area contributed by atoms with Crippen molar-refractivity contribution in [3.8, 4) is 0 Å². The van der Waals surface area contributed by atoms with Crippen molar-refractivity contribution in [2.75, 3.05) is 33.2 Å². The first kappa shape index (κ1) is 17.7. The smallest absolute Gasteiger partial charge is 0.293 e. The lowest BCUT2D eigenvalue weighted by Gasteiger charge is -2.39. The topological polar surface area (TPSA) is 133 Å². The Balaban J connectivity index is 1.49. The van der Waals surface area contributed by atoms with E-state index >= 15 is 0 Å². The van der Waals surface area contributed by atoms with Crippen molar-refractivity contribution in [2.45, 2.75) is 18.6 Å². The Kier molecular flexibility index (Phi) is 4.45. The zero-order chi connectivity index (χ0) is 18.4. The molecule has 1 atom stereocenters. The van der Waals surface area contributed by atoms with Gasteiger partial charge in [-0.1, -0.05) is 0 Å². The Bertz CT molecular complexity index is 851. The summed E-state index contributed by atoms with van der Waals surface area (Å²) >= 11 is 0. The Morgan fingerprint density at radius 1 is 1.36 bits per heavy atom. The minimum atomic E-state index is -3.56. The van der Waals surface area contributed by atoms with Crippen molar-refractivity contribution in [1.29, 1.82) is 0 Å². The number of carbonyl (C=O) groups is 2. The molecule has 0 bridgehead atoms. The molecule has 25 heavy (non-hydrogen) atoms. The predicted octanol–water partition coefficient (Wildman–Crippen LogP) is -1.50. The summed E-state index contributed by atoms with van der Waals surface area (Å²) in [4.78, 5) is 37.3. The quantitative estimate of drug-likeness (QED) is 0.661. The molecule has 2 N–H and O–H groups in total. The van der Waals surface area contributed by atoms with Crippen LogP contribution in [0.2, 0.25) is 0 Å². The summed E-state index contributed by atoms with van der Waals surface area (Å²) in [6, 6.07) is 0. The number of H-pyrrole nitrogens is 1. The number of nitrogens with one attached hydrogen (secondary N) is 2. The molecule has 0 spiro atoms. The zero-order valence-corrected chi connectivity index (χ0v) is 14.8. The molecule has 2 amide bonds. The maximum Gasteiger partial charge on any atom is 0.293 e. The van der Waals surface area contributed by atoms with E-state index in [4.69, 9.17) is 4.52 Å². The molecule has 11 heteroatoms. The molecule has 10 nitrogen and oxygen atoms in total. The molecule has 0 aliphatic carbocycles. The van der Waals surface area contributed by atoms with Crippen LogP contribution >= 0.6 is 0 Å². The minimum Gasteiger partial charge on any atom is -0.383 e. The van der Waals surface area contributed by atoms with Crippen LogP contribution in [0.25, 0.3) is 0 Å². The van der Waals surface area contributed by atoms with Crippen LogP contribution in [0.3, 0.4) is 0 Å². The summed E-state index contributed by atoms with van der Waals surface area (Å²) in [6.07, 6.45) is 0.280. The first-order valence-corrected chi connectivity index (χ1v) is 9.42. The molecule has 2 fully saturated rings. The van der Waals surface area contributed by atoms with Crippen LogP contribution in [0.15, 0.2) is 9.32 Å². The lowest BCUT2D eigenvalue weighted by atomic mass is 9.99. The van der Waals surface area contributed by atoms with Gasteiger partial charge in [0.05, 0.1) is 0 Å². The largest absolute Gasteiger partial charge is 0.383 e. The number of carbonyl (C=O) groups excluding carboxylic acids is 2. The van der Waals surface area contributed by atoms with Crippen LogP contribution in [0.1, 0.15) is 22.5 Å². The van der Waals surface area contributed by atoms with Crippen LogP contribution in [-0.2, 0) is 14.8 Å². The first-order valence-electron chi connectivity index (χ1n) is 7.92. The number of hydrogen-bond acceptors (Lipinski definition) is 6. The zero-order valence-electron chi connectivity index (χ0n) is 13.9. The molecule has 1 aromatic rings. The number of amides is 2. The lowest BCUT2D eigenvalue weighted by molar-refractivity contribution is -0.121. The maximum absolute atomic E-state index is 12.2. The summed E-state index contributed by atoms with van der Waals surface area (Å²) in [7, 11) is -2.10. The third kappa shape index (κ3) is 3.09. The first-order chi connectivity index (χ1) is 11.7. The van der Waals surface area contributed by atoms with Gasteiger partial charge in [-0.25, -0.2) is 12.7 Å². The fourth-order valence-electron chi connectivity index (χ4n) is 3.07. The minimum absolute atomic E-state index is 0.0115. The van der Waals surface area contributed by atoms with E-state index in [2.05, 4.69) is 10.5 Å². The van der Waals surface area contributed by atoms with Gasteiger partial charge < -0.3 is 14.7 Å². The van der Waals surface area contributed by atoms with Crippen LogP contribution in [0.4, 0.5) is 0 Å². The number of nitrogens with zero attached hydrogens (tertiary/aromatic N) is 2. The fraction of sp³-hybridized carbons (Fsp3) is 0.643. The highest BCUT2D eigenvalue weighted by Crippen LogP contribution is 2.21. The molecule has 0 radical (unpaired) electrons. The Labute approximate surface area is 144 Å². The predicted molar refractivity (Wildman–Crippen MR) is 86.4 cm³/mol. The SMILES string of the molecule is Cc1o[nH]c(=O)c1C(=O)N1CC(CNC(=O)C2CCN(C)S2(=O)=O)C1. The maximum atomic E-state index is 12.2. The highest BCUT2D eigenvalue weighted by Gasteiger charge is 2.42.